The average molecular weight is 289 g/mol. The molecule has 1 unspecified atom stereocenters. The summed E-state index contributed by atoms with van der Waals surface area (Å²) in [6.07, 6.45) is 1.40. The van der Waals surface area contributed by atoms with Gasteiger partial charge in [0.15, 0.2) is 0 Å². The van der Waals surface area contributed by atoms with E-state index in [1.807, 2.05) is 6.92 Å². The van der Waals surface area contributed by atoms with E-state index in [2.05, 4.69) is 5.32 Å². The van der Waals surface area contributed by atoms with Crippen LogP contribution in [0, 0.1) is 5.82 Å². The van der Waals surface area contributed by atoms with Crippen LogP contribution in [-0.4, -0.2) is 16.9 Å². The summed E-state index contributed by atoms with van der Waals surface area (Å²) in [7, 11) is 0. The van der Waals surface area contributed by atoms with Gasteiger partial charge in [0.1, 0.15) is 5.82 Å². The monoisotopic (exact) mass is 288 g/mol. The third-order valence-corrected chi connectivity index (χ3v) is 3.02. The summed E-state index contributed by atoms with van der Waals surface area (Å²) in [6, 6.07) is 3.62. The molecule has 0 aliphatic heterocycles. The second-order valence-electron chi connectivity index (χ2n) is 3.81. The fourth-order valence-electron chi connectivity index (χ4n) is 1.52. The maximum absolute atomic E-state index is 13.5. The van der Waals surface area contributed by atoms with Crippen molar-refractivity contribution in [2.24, 2.45) is 5.73 Å². The molecule has 1 amide bonds. The SMILES string of the molecule is CCCC(NC(=O)c1c(F)cccc1Cl)C(N)=S. The summed E-state index contributed by atoms with van der Waals surface area (Å²) in [5.74, 6) is -1.28. The number of nitrogens with two attached hydrogens (primary N) is 1. The topological polar surface area (TPSA) is 55.1 Å². The molecule has 0 bridgehead atoms. The number of amides is 1. The highest BCUT2D eigenvalue weighted by molar-refractivity contribution is 7.80. The zero-order chi connectivity index (χ0) is 13.7. The minimum absolute atomic E-state index is 0.0608. The molecule has 0 saturated carbocycles. The van der Waals surface area contributed by atoms with Gasteiger partial charge in [-0.25, -0.2) is 4.39 Å². The van der Waals surface area contributed by atoms with Crippen LogP contribution in [0.4, 0.5) is 4.39 Å². The Kier molecular flexibility index (Phi) is 5.50. The molecule has 1 atom stereocenters. The first-order valence-electron chi connectivity index (χ1n) is 5.51. The van der Waals surface area contributed by atoms with Gasteiger partial charge in [0, 0.05) is 0 Å². The number of hydrogen-bond donors (Lipinski definition) is 2. The number of carbonyl (C=O) groups is 1. The van der Waals surface area contributed by atoms with Crippen molar-refractivity contribution >= 4 is 34.7 Å². The fourth-order valence-corrected chi connectivity index (χ4v) is 1.94. The van der Waals surface area contributed by atoms with E-state index in [9.17, 15) is 9.18 Å². The standard InChI is InChI=1S/C12H14ClFN2OS/c1-2-4-9(11(15)18)16-12(17)10-7(13)5-3-6-8(10)14/h3,5-6,9H,2,4H2,1H3,(H2,15,18)(H,16,17). The Morgan fingerprint density at radius 1 is 1.61 bits per heavy atom. The van der Waals surface area contributed by atoms with Gasteiger partial charge in [-0.2, -0.15) is 0 Å². The van der Waals surface area contributed by atoms with E-state index in [-0.39, 0.29) is 15.6 Å². The van der Waals surface area contributed by atoms with Gasteiger partial charge in [0.25, 0.3) is 5.91 Å². The quantitative estimate of drug-likeness (QED) is 0.819. The van der Waals surface area contributed by atoms with Crippen LogP contribution in [0.5, 0.6) is 0 Å². The van der Waals surface area contributed by atoms with Crippen molar-refractivity contribution in [3.63, 3.8) is 0 Å². The van der Waals surface area contributed by atoms with E-state index >= 15 is 0 Å². The van der Waals surface area contributed by atoms with Gasteiger partial charge in [-0.3, -0.25) is 4.79 Å². The van der Waals surface area contributed by atoms with Crippen LogP contribution in [0.3, 0.4) is 0 Å². The zero-order valence-corrected chi connectivity index (χ0v) is 11.4. The molecule has 3 N–H and O–H groups in total. The molecule has 0 aliphatic carbocycles. The zero-order valence-electron chi connectivity index (χ0n) is 9.87. The molecule has 18 heavy (non-hydrogen) atoms. The Balaban J connectivity index is 2.90. The van der Waals surface area contributed by atoms with E-state index in [4.69, 9.17) is 29.6 Å². The third-order valence-electron chi connectivity index (χ3n) is 2.42. The van der Waals surface area contributed by atoms with Gasteiger partial charge in [0.2, 0.25) is 0 Å². The molecule has 1 aromatic rings. The van der Waals surface area contributed by atoms with E-state index in [0.29, 0.717) is 6.42 Å². The summed E-state index contributed by atoms with van der Waals surface area (Å²) >= 11 is 10.7. The van der Waals surface area contributed by atoms with Crippen molar-refractivity contribution in [1.82, 2.24) is 5.32 Å². The Bertz CT molecular complexity index is 447. The second kappa shape index (κ2) is 6.66. The predicted molar refractivity (Wildman–Crippen MR) is 74.4 cm³/mol. The maximum atomic E-state index is 13.5. The van der Waals surface area contributed by atoms with Crippen molar-refractivity contribution in [1.29, 1.82) is 0 Å². The van der Waals surface area contributed by atoms with Crippen LogP contribution >= 0.6 is 23.8 Å². The summed E-state index contributed by atoms with van der Waals surface area (Å²) < 4.78 is 13.5. The Labute approximate surface area is 115 Å². The van der Waals surface area contributed by atoms with Crippen molar-refractivity contribution in [3.05, 3.63) is 34.6 Å². The smallest absolute Gasteiger partial charge is 0.256 e. The van der Waals surface area contributed by atoms with Gasteiger partial charge >= 0.3 is 0 Å². The van der Waals surface area contributed by atoms with Crippen molar-refractivity contribution < 1.29 is 9.18 Å². The Hall–Kier alpha value is -1.20. The molecule has 0 aromatic heterocycles. The molecule has 6 heteroatoms. The number of nitrogens with one attached hydrogen (secondary N) is 1. The molecule has 1 aromatic carbocycles. The highest BCUT2D eigenvalue weighted by Gasteiger charge is 2.20. The summed E-state index contributed by atoms with van der Waals surface area (Å²) in [5, 5.41) is 2.65. The fraction of sp³-hybridized carbons (Fsp3) is 0.333. The van der Waals surface area contributed by atoms with E-state index in [1.165, 1.54) is 18.2 Å². The van der Waals surface area contributed by atoms with Crippen LogP contribution < -0.4 is 11.1 Å². The Morgan fingerprint density at radius 3 is 2.78 bits per heavy atom. The minimum Gasteiger partial charge on any atom is -0.392 e. The molecule has 0 radical (unpaired) electrons. The van der Waals surface area contributed by atoms with Crippen LogP contribution in [0.15, 0.2) is 18.2 Å². The largest absolute Gasteiger partial charge is 0.392 e. The number of rotatable bonds is 5. The normalized spacial score (nSPS) is 11.9. The van der Waals surface area contributed by atoms with Gasteiger partial charge in [-0.1, -0.05) is 43.2 Å². The average Bonchev–Trinajstić information content (AvgIpc) is 2.28. The molecule has 0 saturated heterocycles. The first-order valence-corrected chi connectivity index (χ1v) is 6.30. The lowest BCUT2D eigenvalue weighted by Crippen LogP contribution is -2.43. The lowest BCUT2D eigenvalue weighted by atomic mass is 10.1. The lowest BCUT2D eigenvalue weighted by molar-refractivity contribution is 0.0942. The minimum atomic E-state index is -0.668. The molecular weight excluding hydrogens is 275 g/mol. The van der Waals surface area contributed by atoms with Crippen LogP contribution in [0.25, 0.3) is 0 Å². The Morgan fingerprint density at radius 2 is 2.28 bits per heavy atom. The summed E-state index contributed by atoms with van der Waals surface area (Å²) in [5.41, 5.74) is 5.33. The lowest BCUT2D eigenvalue weighted by Gasteiger charge is -2.17. The summed E-state index contributed by atoms with van der Waals surface area (Å²) in [4.78, 5) is 12.1. The van der Waals surface area contributed by atoms with E-state index < -0.39 is 17.8 Å². The number of hydrogen-bond acceptors (Lipinski definition) is 2. The predicted octanol–water partition coefficient (Wildman–Crippen LogP) is 2.66. The molecule has 1 rings (SSSR count). The number of thiocarbonyl (C=S) groups is 1. The van der Waals surface area contributed by atoms with Crippen LogP contribution in [-0.2, 0) is 0 Å². The number of carbonyl (C=O) groups excluding carboxylic acids is 1. The maximum Gasteiger partial charge on any atom is 0.256 e. The number of benzene rings is 1. The van der Waals surface area contributed by atoms with Gasteiger partial charge < -0.3 is 11.1 Å². The second-order valence-corrected chi connectivity index (χ2v) is 4.69. The van der Waals surface area contributed by atoms with Gasteiger partial charge in [-0.15, -0.1) is 0 Å². The third kappa shape index (κ3) is 3.65. The molecule has 0 fully saturated rings. The molecule has 98 valence electrons. The van der Waals surface area contributed by atoms with Gasteiger partial charge in [-0.05, 0) is 18.6 Å². The summed E-state index contributed by atoms with van der Waals surface area (Å²) in [6.45, 7) is 1.94. The molecular formula is C12H14ClFN2OS. The molecule has 0 heterocycles. The first-order chi connectivity index (χ1) is 8.47. The van der Waals surface area contributed by atoms with Crippen molar-refractivity contribution in [3.8, 4) is 0 Å². The van der Waals surface area contributed by atoms with Gasteiger partial charge in [0.05, 0.1) is 21.6 Å². The highest BCUT2D eigenvalue weighted by atomic mass is 35.5. The van der Waals surface area contributed by atoms with E-state index in [0.717, 1.165) is 6.42 Å². The van der Waals surface area contributed by atoms with Crippen LogP contribution in [0.2, 0.25) is 5.02 Å². The van der Waals surface area contributed by atoms with Crippen molar-refractivity contribution in [2.75, 3.05) is 0 Å². The van der Waals surface area contributed by atoms with Crippen molar-refractivity contribution in [2.45, 2.75) is 25.8 Å². The first kappa shape index (κ1) is 14.9. The van der Waals surface area contributed by atoms with E-state index in [1.54, 1.807) is 0 Å². The molecule has 0 spiro atoms. The molecule has 0 aliphatic rings. The number of halogens is 2. The molecule has 3 nitrogen and oxygen atoms in total. The van der Waals surface area contributed by atoms with Crippen LogP contribution in [0.1, 0.15) is 30.1 Å². The highest BCUT2D eigenvalue weighted by Crippen LogP contribution is 2.19.